The number of halogens is 2. The van der Waals surface area contributed by atoms with Crippen LogP contribution in [0.25, 0.3) is 0 Å². The molecule has 1 unspecified atom stereocenters. The average Bonchev–Trinajstić information content (AvgIpc) is 2.61. The van der Waals surface area contributed by atoms with Gasteiger partial charge in [0.1, 0.15) is 17.7 Å². The van der Waals surface area contributed by atoms with Gasteiger partial charge in [-0.25, -0.2) is 4.98 Å². The number of ether oxygens (including phenoxy) is 3. The molecule has 1 aliphatic heterocycles. The van der Waals surface area contributed by atoms with E-state index in [9.17, 15) is 0 Å². The number of rotatable bonds is 5. The third-order valence-corrected chi connectivity index (χ3v) is 5.30. The highest BCUT2D eigenvalue weighted by molar-refractivity contribution is 9.10. The van der Waals surface area contributed by atoms with Crippen molar-refractivity contribution in [1.82, 2.24) is 4.98 Å². The van der Waals surface area contributed by atoms with Crippen molar-refractivity contribution in [3.8, 4) is 17.2 Å². The van der Waals surface area contributed by atoms with Crippen LogP contribution in [0.3, 0.4) is 0 Å². The highest BCUT2D eigenvalue weighted by atomic mass is 79.9. The lowest BCUT2D eigenvalue weighted by Gasteiger charge is -2.39. The van der Waals surface area contributed by atoms with Crippen LogP contribution in [0.4, 0.5) is 0 Å². The van der Waals surface area contributed by atoms with Gasteiger partial charge in [0.25, 0.3) is 0 Å². The Labute approximate surface area is 173 Å². The molecule has 1 atom stereocenters. The van der Waals surface area contributed by atoms with E-state index < -0.39 is 0 Å². The number of hydrogen-bond acceptors (Lipinski definition) is 4. The summed E-state index contributed by atoms with van der Waals surface area (Å²) in [6, 6.07) is 6.22. The summed E-state index contributed by atoms with van der Waals surface area (Å²) in [5.74, 6) is 2.20. The van der Waals surface area contributed by atoms with Crippen molar-refractivity contribution in [3.05, 3.63) is 45.7 Å². The van der Waals surface area contributed by atoms with E-state index >= 15 is 0 Å². The highest BCUT2D eigenvalue weighted by Gasteiger charge is 2.33. The smallest absolute Gasteiger partial charge is 0.203 e. The quantitative estimate of drug-likeness (QED) is 0.457. The van der Waals surface area contributed by atoms with Gasteiger partial charge >= 0.3 is 0 Å². The summed E-state index contributed by atoms with van der Waals surface area (Å²) in [7, 11) is 7.28. The molecule has 1 aliphatic rings. The Balaban J connectivity index is 0.00000243. The SMILES string of the molecule is COc1cc2c(c(OC)c1OC)CC[N+](C)(Cc1ccc(Br)nc1)C2.[Br-]. The summed E-state index contributed by atoms with van der Waals surface area (Å²) in [6.45, 7) is 2.90. The van der Waals surface area contributed by atoms with Crippen molar-refractivity contribution in [2.45, 2.75) is 19.5 Å². The Morgan fingerprint density at radius 1 is 1.12 bits per heavy atom. The number of likely N-dealkylation sites (N-methyl/N-ethyl adjacent to an activating group) is 1. The Morgan fingerprint density at radius 3 is 2.42 bits per heavy atom. The number of benzene rings is 1. The first-order chi connectivity index (χ1) is 12.0. The van der Waals surface area contributed by atoms with Gasteiger partial charge in [0.05, 0.1) is 34.9 Å². The van der Waals surface area contributed by atoms with E-state index in [4.69, 9.17) is 14.2 Å². The number of methoxy groups -OCH3 is 3. The minimum atomic E-state index is 0. The molecule has 3 rings (SSSR count). The molecule has 0 saturated heterocycles. The second-order valence-electron chi connectivity index (χ2n) is 6.68. The summed E-state index contributed by atoms with van der Waals surface area (Å²) in [5.41, 5.74) is 3.72. The molecule has 0 spiro atoms. The van der Waals surface area contributed by atoms with Crippen LogP contribution < -0.4 is 31.2 Å². The third-order valence-electron chi connectivity index (χ3n) is 4.83. The monoisotopic (exact) mass is 486 g/mol. The summed E-state index contributed by atoms with van der Waals surface area (Å²) < 4.78 is 18.5. The van der Waals surface area contributed by atoms with Crippen LogP contribution >= 0.6 is 15.9 Å². The zero-order valence-corrected chi connectivity index (χ0v) is 18.7. The van der Waals surface area contributed by atoms with Crippen molar-refractivity contribution < 1.29 is 35.7 Å². The topological polar surface area (TPSA) is 40.6 Å². The molecule has 0 amide bonds. The van der Waals surface area contributed by atoms with Gasteiger partial charge in [-0.2, -0.15) is 0 Å². The number of quaternary nitrogens is 1. The van der Waals surface area contributed by atoms with Gasteiger partial charge in [0, 0.05) is 29.3 Å². The zero-order valence-electron chi connectivity index (χ0n) is 15.5. The maximum atomic E-state index is 5.65. The van der Waals surface area contributed by atoms with Crippen LogP contribution in [0.2, 0.25) is 0 Å². The van der Waals surface area contributed by atoms with E-state index in [1.54, 1.807) is 21.3 Å². The van der Waals surface area contributed by atoms with Crippen LogP contribution in [-0.2, 0) is 19.5 Å². The third kappa shape index (κ3) is 4.15. The fourth-order valence-corrected chi connectivity index (χ4v) is 3.86. The number of aromatic nitrogens is 1. The van der Waals surface area contributed by atoms with E-state index in [0.717, 1.165) is 46.6 Å². The molecular formula is C19H24Br2N2O3. The molecule has 0 saturated carbocycles. The molecule has 2 aromatic rings. The average molecular weight is 488 g/mol. The van der Waals surface area contributed by atoms with E-state index in [2.05, 4.69) is 40.1 Å². The molecule has 0 radical (unpaired) electrons. The van der Waals surface area contributed by atoms with Gasteiger partial charge < -0.3 is 35.7 Å². The molecular weight excluding hydrogens is 464 g/mol. The molecule has 0 bridgehead atoms. The molecule has 0 fully saturated rings. The number of pyridine rings is 1. The lowest BCUT2D eigenvalue weighted by Crippen LogP contribution is -3.00. The lowest BCUT2D eigenvalue weighted by atomic mass is 9.95. The molecule has 1 aromatic carbocycles. The van der Waals surface area contributed by atoms with Crippen LogP contribution in [0.1, 0.15) is 16.7 Å². The Morgan fingerprint density at radius 2 is 1.85 bits per heavy atom. The minimum Gasteiger partial charge on any atom is -1.00 e. The van der Waals surface area contributed by atoms with E-state index in [-0.39, 0.29) is 17.0 Å². The fraction of sp³-hybridized carbons (Fsp3) is 0.421. The fourth-order valence-electron chi connectivity index (χ4n) is 3.63. The number of hydrogen-bond donors (Lipinski definition) is 0. The van der Waals surface area contributed by atoms with Gasteiger partial charge in [-0.05, 0) is 34.1 Å². The molecule has 5 nitrogen and oxygen atoms in total. The second kappa shape index (κ2) is 8.59. The minimum absolute atomic E-state index is 0. The van der Waals surface area contributed by atoms with Gasteiger partial charge in [0.2, 0.25) is 5.75 Å². The van der Waals surface area contributed by atoms with Crippen molar-refractivity contribution >= 4 is 15.9 Å². The molecule has 2 heterocycles. The Bertz CT molecular complexity index is 768. The van der Waals surface area contributed by atoms with Crippen molar-refractivity contribution in [3.63, 3.8) is 0 Å². The maximum Gasteiger partial charge on any atom is 0.203 e. The molecule has 1 aromatic heterocycles. The predicted octanol–water partition coefficient (Wildman–Crippen LogP) is 0.577. The molecule has 0 aliphatic carbocycles. The molecule has 0 N–H and O–H groups in total. The first kappa shape index (κ1) is 21.0. The van der Waals surface area contributed by atoms with Crippen LogP contribution in [0, 0.1) is 0 Å². The second-order valence-corrected chi connectivity index (χ2v) is 7.49. The Hall–Kier alpha value is -1.31. The lowest BCUT2D eigenvalue weighted by molar-refractivity contribution is -0.937. The van der Waals surface area contributed by atoms with Crippen LogP contribution in [-0.4, -0.2) is 44.4 Å². The highest BCUT2D eigenvalue weighted by Crippen LogP contribution is 2.44. The van der Waals surface area contributed by atoms with E-state index in [1.807, 2.05) is 12.3 Å². The van der Waals surface area contributed by atoms with Crippen molar-refractivity contribution in [2.75, 3.05) is 34.9 Å². The molecule has 142 valence electrons. The largest absolute Gasteiger partial charge is 1.00 e. The maximum absolute atomic E-state index is 5.65. The summed E-state index contributed by atoms with van der Waals surface area (Å²) in [5, 5.41) is 0. The predicted molar refractivity (Wildman–Crippen MR) is 100 cm³/mol. The van der Waals surface area contributed by atoms with Crippen LogP contribution in [0.5, 0.6) is 17.2 Å². The molecule has 26 heavy (non-hydrogen) atoms. The zero-order chi connectivity index (χ0) is 18.0. The summed E-state index contributed by atoms with van der Waals surface area (Å²) in [6.07, 6.45) is 2.89. The van der Waals surface area contributed by atoms with Gasteiger partial charge in [-0.1, -0.05) is 0 Å². The van der Waals surface area contributed by atoms with Gasteiger partial charge in [-0.15, -0.1) is 0 Å². The first-order valence-corrected chi connectivity index (χ1v) is 9.03. The molecule has 7 heteroatoms. The van der Waals surface area contributed by atoms with Gasteiger partial charge in [-0.3, -0.25) is 0 Å². The van der Waals surface area contributed by atoms with E-state index in [0.29, 0.717) is 5.75 Å². The Kier molecular flexibility index (Phi) is 6.93. The van der Waals surface area contributed by atoms with Crippen molar-refractivity contribution in [2.24, 2.45) is 0 Å². The number of fused-ring (bicyclic) bond motifs is 1. The summed E-state index contributed by atoms with van der Waals surface area (Å²) >= 11 is 3.39. The van der Waals surface area contributed by atoms with Crippen molar-refractivity contribution in [1.29, 1.82) is 0 Å². The van der Waals surface area contributed by atoms with Crippen LogP contribution in [0.15, 0.2) is 29.0 Å². The first-order valence-electron chi connectivity index (χ1n) is 8.24. The summed E-state index contributed by atoms with van der Waals surface area (Å²) in [4.78, 5) is 4.35. The van der Waals surface area contributed by atoms with Gasteiger partial charge in [0.15, 0.2) is 11.5 Å². The number of nitrogens with zero attached hydrogens (tertiary/aromatic N) is 2. The standard InChI is InChI=1S/C19H24BrN2O3.BrH/c1-22(11-13-5-6-17(20)21-10-13)8-7-15-14(12-22)9-16(23-2)19(25-4)18(15)24-3;/h5-6,9-10H,7-8,11-12H2,1-4H3;1H/q+1;/p-1. The normalized spacial score (nSPS) is 18.5. The van der Waals surface area contributed by atoms with E-state index in [1.165, 1.54) is 16.7 Å².